The van der Waals surface area contributed by atoms with Crippen LogP contribution in [0.2, 0.25) is 5.02 Å². The van der Waals surface area contributed by atoms with E-state index in [-0.39, 0.29) is 24.3 Å². The van der Waals surface area contributed by atoms with Crippen LogP contribution in [0, 0.1) is 0 Å². The van der Waals surface area contributed by atoms with Gasteiger partial charge in [-0.15, -0.1) is 0 Å². The van der Waals surface area contributed by atoms with Crippen LogP contribution in [-0.4, -0.2) is 29.8 Å². The minimum Gasteiger partial charge on any atom is -0.352 e. The van der Waals surface area contributed by atoms with Crippen LogP contribution in [0.25, 0.3) is 0 Å². The van der Waals surface area contributed by atoms with Crippen molar-refractivity contribution in [1.82, 2.24) is 15.5 Å². The van der Waals surface area contributed by atoms with Crippen molar-refractivity contribution in [3.05, 3.63) is 70.2 Å². The molecule has 2 amide bonds. The number of benzene rings is 2. The van der Waals surface area contributed by atoms with Crippen LogP contribution in [0.5, 0.6) is 0 Å². The number of halogens is 1. The fourth-order valence-electron chi connectivity index (χ4n) is 3.61. The average Bonchev–Trinajstić information content (AvgIpc) is 3.20. The van der Waals surface area contributed by atoms with Gasteiger partial charge < -0.3 is 10.6 Å². The smallest absolute Gasteiger partial charge is 0.222 e. The summed E-state index contributed by atoms with van der Waals surface area (Å²) in [6.07, 6.45) is 2.76. The first-order valence-electron chi connectivity index (χ1n) is 10.1. The molecule has 0 radical (unpaired) electrons. The van der Waals surface area contributed by atoms with E-state index in [2.05, 4.69) is 39.8 Å². The molecule has 29 heavy (non-hydrogen) atoms. The molecule has 3 rings (SSSR count). The number of amides is 2. The Kier molecular flexibility index (Phi) is 7.67. The van der Waals surface area contributed by atoms with Gasteiger partial charge in [0.25, 0.3) is 0 Å². The zero-order chi connectivity index (χ0) is 20.6. The number of carbonyl (C=O) groups excluding carboxylic acids is 2. The number of nitrogens with zero attached hydrogens (tertiary/aromatic N) is 1. The van der Waals surface area contributed by atoms with Gasteiger partial charge in [0.1, 0.15) is 0 Å². The van der Waals surface area contributed by atoms with Crippen molar-refractivity contribution < 1.29 is 9.59 Å². The molecule has 1 unspecified atom stereocenters. The van der Waals surface area contributed by atoms with Gasteiger partial charge in [0, 0.05) is 25.0 Å². The minimum atomic E-state index is -0.382. The van der Waals surface area contributed by atoms with Gasteiger partial charge in [0.2, 0.25) is 11.8 Å². The van der Waals surface area contributed by atoms with Gasteiger partial charge in [-0.25, -0.2) is 0 Å². The second-order valence-electron chi connectivity index (χ2n) is 7.59. The lowest BCUT2D eigenvalue weighted by Crippen LogP contribution is -2.32. The maximum atomic E-state index is 12.5. The van der Waals surface area contributed by atoms with Crippen molar-refractivity contribution >= 4 is 23.4 Å². The molecule has 1 fully saturated rings. The lowest BCUT2D eigenvalue weighted by Gasteiger charge is -2.18. The van der Waals surface area contributed by atoms with Gasteiger partial charge in [-0.1, -0.05) is 48.0 Å². The molecule has 0 spiro atoms. The molecule has 0 aliphatic carbocycles. The van der Waals surface area contributed by atoms with Gasteiger partial charge in [0.05, 0.1) is 12.5 Å². The summed E-state index contributed by atoms with van der Waals surface area (Å²) in [5.41, 5.74) is 3.22. The summed E-state index contributed by atoms with van der Waals surface area (Å²) in [6.45, 7) is 5.27. The number of rotatable bonds is 8. The zero-order valence-electron chi connectivity index (χ0n) is 16.8. The molecule has 2 N–H and O–H groups in total. The topological polar surface area (TPSA) is 61.4 Å². The zero-order valence-corrected chi connectivity index (χ0v) is 17.5. The molecule has 2 aromatic carbocycles. The van der Waals surface area contributed by atoms with Crippen molar-refractivity contribution in [1.29, 1.82) is 0 Å². The highest BCUT2D eigenvalue weighted by molar-refractivity contribution is 6.30. The van der Waals surface area contributed by atoms with Crippen LogP contribution in [0.4, 0.5) is 0 Å². The third kappa shape index (κ3) is 6.87. The number of carbonyl (C=O) groups is 2. The van der Waals surface area contributed by atoms with Gasteiger partial charge in [-0.2, -0.15) is 0 Å². The third-order valence-electron chi connectivity index (χ3n) is 5.16. The van der Waals surface area contributed by atoms with Crippen molar-refractivity contribution in [2.45, 2.75) is 45.3 Å². The second-order valence-corrected chi connectivity index (χ2v) is 8.02. The standard InChI is InChI=1S/C23H28ClN3O2/c1-17(28)26-22(20-8-10-21(24)11-9-20)14-23(29)25-15-18-4-6-19(7-5-18)16-27-12-2-3-13-27/h4-11,22H,2-3,12-16H2,1H3,(H,25,29)(H,26,28). The van der Waals surface area contributed by atoms with E-state index < -0.39 is 0 Å². The minimum absolute atomic E-state index is 0.111. The Bertz CT molecular complexity index is 815. The van der Waals surface area contributed by atoms with E-state index in [4.69, 9.17) is 11.6 Å². The Morgan fingerprint density at radius 3 is 2.24 bits per heavy atom. The molecule has 0 bridgehead atoms. The molecule has 1 atom stereocenters. The van der Waals surface area contributed by atoms with E-state index in [1.165, 1.54) is 38.4 Å². The number of nitrogens with one attached hydrogen (secondary N) is 2. The Morgan fingerprint density at radius 1 is 1.00 bits per heavy atom. The number of hydrogen-bond acceptors (Lipinski definition) is 3. The first kappa shape index (κ1) is 21.3. The van der Waals surface area contributed by atoms with Crippen LogP contribution in [0.1, 0.15) is 48.9 Å². The molecule has 5 nitrogen and oxygen atoms in total. The Labute approximate surface area is 177 Å². The second kappa shape index (κ2) is 10.4. The third-order valence-corrected chi connectivity index (χ3v) is 5.41. The predicted molar refractivity (Wildman–Crippen MR) is 115 cm³/mol. The van der Waals surface area contributed by atoms with Crippen molar-refractivity contribution in [2.24, 2.45) is 0 Å². The van der Waals surface area contributed by atoms with Crippen molar-refractivity contribution in [2.75, 3.05) is 13.1 Å². The molecule has 1 aliphatic heterocycles. The molecule has 2 aromatic rings. The van der Waals surface area contributed by atoms with Gasteiger partial charge in [0.15, 0.2) is 0 Å². The molecule has 1 aliphatic rings. The van der Waals surface area contributed by atoms with E-state index in [9.17, 15) is 9.59 Å². The Hall–Kier alpha value is -2.37. The van der Waals surface area contributed by atoms with E-state index >= 15 is 0 Å². The Morgan fingerprint density at radius 2 is 1.62 bits per heavy atom. The monoisotopic (exact) mass is 413 g/mol. The highest BCUT2D eigenvalue weighted by Gasteiger charge is 2.17. The highest BCUT2D eigenvalue weighted by Crippen LogP contribution is 2.20. The molecule has 0 saturated carbocycles. The number of hydrogen-bond donors (Lipinski definition) is 2. The van der Waals surface area contributed by atoms with Crippen LogP contribution in [-0.2, 0) is 22.7 Å². The lowest BCUT2D eigenvalue weighted by atomic mass is 10.0. The fourth-order valence-corrected chi connectivity index (χ4v) is 3.74. The van der Waals surface area contributed by atoms with E-state index in [1.54, 1.807) is 12.1 Å². The van der Waals surface area contributed by atoms with Crippen LogP contribution < -0.4 is 10.6 Å². The maximum absolute atomic E-state index is 12.5. The van der Waals surface area contributed by atoms with Gasteiger partial charge >= 0.3 is 0 Å². The van der Waals surface area contributed by atoms with Crippen molar-refractivity contribution in [3.8, 4) is 0 Å². The summed E-state index contributed by atoms with van der Waals surface area (Å²) < 4.78 is 0. The fraction of sp³-hybridized carbons (Fsp3) is 0.391. The van der Waals surface area contributed by atoms with E-state index in [1.807, 2.05) is 12.1 Å². The summed E-state index contributed by atoms with van der Waals surface area (Å²) in [4.78, 5) is 26.5. The summed E-state index contributed by atoms with van der Waals surface area (Å²) >= 11 is 5.93. The van der Waals surface area contributed by atoms with Crippen LogP contribution in [0.3, 0.4) is 0 Å². The van der Waals surface area contributed by atoms with Crippen molar-refractivity contribution in [3.63, 3.8) is 0 Å². The Balaban J connectivity index is 1.51. The summed E-state index contributed by atoms with van der Waals surface area (Å²) in [5, 5.41) is 6.41. The molecule has 1 heterocycles. The maximum Gasteiger partial charge on any atom is 0.222 e. The summed E-state index contributed by atoms with van der Waals surface area (Å²) in [7, 11) is 0. The first-order valence-corrected chi connectivity index (χ1v) is 10.5. The summed E-state index contributed by atoms with van der Waals surface area (Å²) in [6, 6.07) is 15.2. The van der Waals surface area contributed by atoms with Gasteiger partial charge in [-0.3, -0.25) is 14.5 Å². The van der Waals surface area contributed by atoms with E-state index in [0.29, 0.717) is 11.6 Å². The quantitative estimate of drug-likeness (QED) is 0.691. The average molecular weight is 414 g/mol. The lowest BCUT2D eigenvalue weighted by molar-refractivity contribution is -0.122. The molecule has 154 valence electrons. The molecule has 6 heteroatoms. The summed E-state index contributed by atoms with van der Waals surface area (Å²) in [5.74, 6) is -0.286. The molecular weight excluding hydrogens is 386 g/mol. The highest BCUT2D eigenvalue weighted by atomic mass is 35.5. The normalized spacial score (nSPS) is 15.1. The molecule has 1 saturated heterocycles. The largest absolute Gasteiger partial charge is 0.352 e. The molecular formula is C23H28ClN3O2. The van der Waals surface area contributed by atoms with Gasteiger partial charge in [-0.05, 0) is 54.8 Å². The molecule has 0 aromatic heterocycles. The van der Waals surface area contributed by atoms with Crippen LogP contribution >= 0.6 is 11.6 Å². The predicted octanol–water partition coefficient (Wildman–Crippen LogP) is 3.82. The SMILES string of the molecule is CC(=O)NC(CC(=O)NCc1ccc(CN2CCCC2)cc1)c1ccc(Cl)cc1. The van der Waals surface area contributed by atoms with E-state index in [0.717, 1.165) is 17.7 Å². The first-order chi connectivity index (χ1) is 14.0. The van der Waals surface area contributed by atoms with Crippen LogP contribution in [0.15, 0.2) is 48.5 Å². The number of likely N-dealkylation sites (tertiary alicyclic amines) is 1.